The van der Waals surface area contributed by atoms with E-state index in [2.05, 4.69) is 10.2 Å². The first kappa shape index (κ1) is 14.8. The van der Waals surface area contributed by atoms with Crippen LogP contribution in [0.3, 0.4) is 0 Å². The minimum absolute atomic E-state index is 0.224. The molecule has 0 aromatic heterocycles. The average Bonchev–Trinajstić information content (AvgIpc) is 3.04. The second-order valence-corrected chi connectivity index (χ2v) is 6.30. The van der Waals surface area contributed by atoms with E-state index in [0.717, 1.165) is 44.8 Å². The monoisotopic (exact) mass is 307 g/mol. The molecule has 114 valence electrons. The fraction of sp³-hybridized carbons (Fsp3) is 0.562. The van der Waals surface area contributed by atoms with Gasteiger partial charge in [-0.05, 0) is 30.7 Å². The Morgan fingerprint density at radius 3 is 2.52 bits per heavy atom. The second kappa shape index (κ2) is 6.77. The topological polar surface area (TPSA) is 35.6 Å². The molecule has 3 rings (SSSR count). The summed E-state index contributed by atoms with van der Waals surface area (Å²) >= 11 is 5.87. The van der Waals surface area contributed by atoms with Gasteiger partial charge in [-0.3, -0.25) is 9.69 Å². The van der Waals surface area contributed by atoms with Crippen molar-refractivity contribution in [1.82, 2.24) is 15.1 Å². The molecule has 4 nitrogen and oxygen atoms in total. The van der Waals surface area contributed by atoms with Gasteiger partial charge in [0, 0.05) is 43.8 Å². The lowest BCUT2D eigenvalue weighted by molar-refractivity contribution is -0.132. The Morgan fingerprint density at radius 1 is 1.19 bits per heavy atom. The molecule has 5 heteroatoms. The van der Waals surface area contributed by atoms with Crippen molar-refractivity contribution in [3.8, 4) is 0 Å². The van der Waals surface area contributed by atoms with E-state index in [9.17, 15) is 4.79 Å². The lowest BCUT2D eigenvalue weighted by Gasteiger charge is -2.37. The number of hydrogen-bond acceptors (Lipinski definition) is 3. The number of nitrogens with one attached hydrogen (secondary N) is 1. The fourth-order valence-corrected chi connectivity index (χ4v) is 3.30. The Labute approximate surface area is 131 Å². The van der Waals surface area contributed by atoms with E-state index in [4.69, 9.17) is 11.6 Å². The van der Waals surface area contributed by atoms with Crippen LogP contribution in [0.2, 0.25) is 5.02 Å². The Morgan fingerprint density at radius 2 is 1.90 bits per heavy atom. The number of halogens is 1. The van der Waals surface area contributed by atoms with Gasteiger partial charge in [0.15, 0.2) is 0 Å². The van der Waals surface area contributed by atoms with Crippen LogP contribution < -0.4 is 5.32 Å². The molecule has 1 aromatic rings. The predicted molar refractivity (Wildman–Crippen MR) is 84.6 cm³/mol. The highest BCUT2D eigenvalue weighted by Crippen LogP contribution is 2.14. The maximum atomic E-state index is 12.3. The van der Waals surface area contributed by atoms with Gasteiger partial charge >= 0.3 is 0 Å². The zero-order chi connectivity index (χ0) is 14.7. The molecule has 2 saturated heterocycles. The zero-order valence-electron chi connectivity index (χ0n) is 12.2. The van der Waals surface area contributed by atoms with Crippen molar-refractivity contribution < 1.29 is 4.79 Å². The smallest absolute Gasteiger partial charge is 0.227 e. The van der Waals surface area contributed by atoms with E-state index in [1.807, 2.05) is 29.2 Å². The van der Waals surface area contributed by atoms with Gasteiger partial charge in [0.25, 0.3) is 0 Å². The number of amides is 1. The van der Waals surface area contributed by atoms with Crippen molar-refractivity contribution in [1.29, 1.82) is 0 Å². The van der Waals surface area contributed by atoms with Crippen LogP contribution in [-0.4, -0.2) is 61.0 Å². The molecule has 0 aliphatic carbocycles. The lowest BCUT2D eigenvalue weighted by atomic mass is 10.1. The molecular weight excluding hydrogens is 286 g/mol. The second-order valence-electron chi connectivity index (χ2n) is 5.87. The molecule has 2 heterocycles. The SMILES string of the molecule is O=C(Cc1ccc(Cl)cc1)N1CCN(C2CCNC2)CC1. The first-order valence-corrected chi connectivity index (χ1v) is 8.07. The summed E-state index contributed by atoms with van der Waals surface area (Å²) < 4.78 is 0. The van der Waals surface area contributed by atoms with Gasteiger partial charge in [-0.2, -0.15) is 0 Å². The van der Waals surface area contributed by atoms with Crippen LogP contribution in [0.1, 0.15) is 12.0 Å². The van der Waals surface area contributed by atoms with Gasteiger partial charge in [-0.25, -0.2) is 0 Å². The molecule has 0 saturated carbocycles. The van der Waals surface area contributed by atoms with E-state index >= 15 is 0 Å². The number of piperazine rings is 1. The number of benzene rings is 1. The maximum Gasteiger partial charge on any atom is 0.227 e. The van der Waals surface area contributed by atoms with Gasteiger partial charge in [-0.1, -0.05) is 23.7 Å². The fourth-order valence-electron chi connectivity index (χ4n) is 3.18. The van der Waals surface area contributed by atoms with Crippen LogP contribution in [0, 0.1) is 0 Å². The molecule has 1 aromatic carbocycles. The zero-order valence-corrected chi connectivity index (χ0v) is 13.0. The summed E-state index contributed by atoms with van der Waals surface area (Å²) in [6, 6.07) is 8.21. The molecular formula is C16H22ClN3O. The quantitative estimate of drug-likeness (QED) is 0.916. The van der Waals surface area contributed by atoms with Crippen molar-refractivity contribution in [2.75, 3.05) is 39.3 Å². The first-order valence-electron chi connectivity index (χ1n) is 7.69. The normalized spacial score (nSPS) is 23.5. The lowest BCUT2D eigenvalue weighted by Crippen LogP contribution is -2.52. The molecule has 1 amide bonds. The van der Waals surface area contributed by atoms with Gasteiger partial charge in [0.2, 0.25) is 5.91 Å². The van der Waals surface area contributed by atoms with Gasteiger partial charge < -0.3 is 10.2 Å². The summed E-state index contributed by atoms with van der Waals surface area (Å²) in [6.07, 6.45) is 1.71. The highest BCUT2D eigenvalue weighted by atomic mass is 35.5. The molecule has 1 atom stereocenters. The van der Waals surface area contributed by atoms with Crippen LogP contribution in [0.25, 0.3) is 0 Å². The number of hydrogen-bond donors (Lipinski definition) is 1. The number of nitrogens with zero attached hydrogens (tertiary/aromatic N) is 2. The highest BCUT2D eigenvalue weighted by molar-refractivity contribution is 6.30. The summed E-state index contributed by atoms with van der Waals surface area (Å²) in [5.74, 6) is 0.224. The standard InChI is InChI=1S/C16H22ClN3O/c17-14-3-1-13(2-4-14)11-16(21)20-9-7-19(8-10-20)15-5-6-18-12-15/h1-4,15,18H,5-12H2. The van der Waals surface area contributed by atoms with E-state index in [0.29, 0.717) is 17.5 Å². The molecule has 0 bridgehead atoms. The summed E-state index contributed by atoms with van der Waals surface area (Å²) in [5.41, 5.74) is 1.03. The number of carbonyl (C=O) groups excluding carboxylic acids is 1. The highest BCUT2D eigenvalue weighted by Gasteiger charge is 2.27. The Balaban J connectivity index is 1.49. The summed E-state index contributed by atoms with van der Waals surface area (Å²) in [7, 11) is 0. The maximum absolute atomic E-state index is 12.3. The third-order valence-corrected chi connectivity index (χ3v) is 4.74. The van der Waals surface area contributed by atoms with Crippen LogP contribution in [0.4, 0.5) is 0 Å². The molecule has 2 fully saturated rings. The predicted octanol–water partition coefficient (Wildman–Crippen LogP) is 1.39. The number of carbonyl (C=O) groups is 1. The van der Waals surface area contributed by atoms with E-state index in [1.165, 1.54) is 6.42 Å². The van der Waals surface area contributed by atoms with E-state index < -0.39 is 0 Å². The summed E-state index contributed by atoms with van der Waals surface area (Å²) in [6.45, 7) is 5.92. The Hall–Kier alpha value is -1.10. The molecule has 21 heavy (non-hydrogen) atoms. The van der Waals surface area contributed by atoms with Crippen LogP contribution in [0.5, 0.6) is 0 Å². The third-order valence-electron chi connectivity index (χ3n) is 4.49. The minimum atomic E-state index is 0.224. The summed E-state index contributed by atoms with van der Waals surface area (Å²) in [4.78, 5) is 16.9. The Kier molecular flexibility index (Phi) is 4.78. The van der Waals surface area contributed by atoms with Crippen molar-refractivity contribution in [3.63, 3.8) is 0 Å². The van der Waals surface area contributed by atoms with Crippen LogP contribution in [0.15, 0.2) is 24.3 Å². The molecule has 2 aliphatic heterocycles. The van der Waals surface area contributed by atoms with Gasteiger partial charge in [-0.15, -0.1) is 0 Å². The molecule has 1 N–H and O–H groups in total. The van der Waals surface area contributed by atoms with Crippen molar-refractivity contribution in [2.24, 2.45) is 0 Å². The van der Waals surface area contributed by atoms with Crippen molar-refractivity contribution in [2.45, 2.75) is 18.9 Å². The Bertz CT molecular complexity index is 477. The van der Waals surface area contributed by atoms with Crippen LogP contribution >= 0.6 is 11.6 Å². The molecule has 0 radical (unpaired) electrons. The van der Waals surface area contributed by atoms with E-state index in [-0.39, 0.29) is 5.91 Å². The van der Waals surface area contributed by atoms with Crippen molar-refractivity contribution in [3.05, 3.63) is 34.9 Å². The molecule has 1 unspecified atom stereocenters. The van der Waals surface area contributed by atoms with Crippen molar-refractivity contribution >= 4 is 17.5 Å². The van der Waals surface area contributed by atoms with Gasteiger partial charge in [0.05, 0.1) is 6.42 Å². The van der Waals surface area contributed by atoms with E-state index in [1.54, 1.807) is 0 Å². The minimum Gasteiger partial charge on any atom is -0.340 e. The third kappa shape index (κ3) is 3.76. The largest absolute Gasteiger partial charge is 0.340 e. The molecule has 2 aliphatic rings. The van der Waals surface area contributed by atoms with Crippen LogP contribution in [-0.2, 0) is 11.2 Å². The first-order chi connectivity index (χ1) is 10.2. The number of rotatable bonds is 3. The van der Waals surface area contributed by atoms with Gasteiger partial charge in [0.1, 0.15) is 0 Å². The average molecular weight is 308 g/mol. The molecule has 0 spiro atoms. The summed E-state index contributed by atoms with van der Waals surface area (Å²) in [5, 5.41) is 4.12.